The molecule has 11 heteroatoms. The van der Waals surface area contributed by atoms with E-state index in [0.717, 1.165) is 12.5 Å². The Morgan fingerprint density at radius 3 is 2.64 bits per heavy atom. The van der Waals surface area contributed by atoms with E-state index >= 15 is 0 Å². The van der Waals surface area contributed by atoms with Crippen LogP contribution in [0, 0.1) is 6.92 Å². The van der Waals surface area contributed by atoms with Gasteiger partial charge in [-0.25, -0.2) is 4.98 Å². The highest BCUT2D eigenvalue weighted by Gasteiger charge is 2.35. The SMILES string of the molecule is Cc1nn(C)cc1Nc1cc(Nc2cccc3c2C(C=O)N(C)CCO3)c(C(F)(F)F)cn1. The molecule has 0 aliphatic carbocycles. The van der Waals surface area contributed by atoms with Gasteiger partial charge in [0, 0.05) is 43.3 Å². The molecule has 1 aliphatic heterocycles. The summed E-state index contributed by atoms with van der Waals surface area (Å²) in [5.41, 5.74) is 0.996. The molecule has 2 aromatic heterocycles. The molecule has 0 amide bonds. The third kappa shape index (κ3) is 4.63. The third-order valence-corrected chi connectivity index (χ3v) is 5.42. The van der Waals surface area contributed by atoms with Gasteiger partial charge in [0.1, 0.15) is 24.5 Å². The van der Waals surface area contributed by atoms with Crippen molar-refractivity contribution in [3.63, 3.8) is 0 Å². The molecule has 8 nitrogen and oxygen atoms in total. The van der Waals surface area contributed by atoms with Crippen LogP contribution in [0.1, 0.15) is 22.9 Å². The van der Waals surface area contributed by atoms with Gasteiger partial charge in [-0.05, 0) is 26.1 Å². The van der Waals surface area contributed by atoms with E-state index in [0.29, 0.717) is 41.5 Å². The van der Waals surface area contributed by atoms with Crippen molar-refractivity contribution in [3.8, 4) is 5.75 Å². The number of hydrogen-bond acceptors (Lipinski definition) is 7. The van der Waals surface area contributed by atoms with Crippen molar-refractivity contribution in [2.75, 3.05) is 30.8 Å². The average Bonchev–Trinajstić information content (AvgIpc) is 2.96. The fourth-order valence-electron chi connectivity index (χ4n) is 3.77. The maximum absolute atomic E-state index is 13.8. The highest BCUT2D eigenvalue weighted by molar-refractivity contribution is 5.77. The van der Waals surface area contributed by atoms with Crippen LogP contribution in [-0.2, 0) is 18.0 Å². The van der Waals surface area contributed by atoms with Gasteiger partial charge in [-0.3, -0.25) is 9.58 Å². The molecule has 0 spiro atoms. The first-order chi connectivity index (χ1) is 15.7. The van der Waals surface area contributed by atoms with Crippen LogP contribution in [0.5, 0.6) is 5.75 Å². The van der Waals surface area contributed by atoms with Crippen LogP contribution in [0.4, 0.5) is 36.1 Å². The molecule has 1 atom stereocenters. The Hall–Kier alpha value is -3.60. The molecule has 0 bridgehead atoms. The van der Waals surface area contributed by atoms with Crippen molar-refractivity contribution in [1.82, 2.24) is 19.7 Å². The van der Waals surface area contributed by atoms with Gasteiger partial charge in [0.05, 0.1) is 28.7 Å². The fourth-order valence-corrected chi connectivity index (χ4v) is 3.77. The van der Waals surface area contributed by atoms with Crippen molar-refractivity contribution in [3.05, 3.63) is 53.5 Å². The monoisotopic (exact) mass is 460 g/mol. The molecule has 4 rings (SSSR count). The van der Waals surface area contributed by atoms with Gasteiger partial charge in [-0.15, -0.1) is 0 Å². The average molecular weight is 460 g/mol. The zero-order valence-corrected chi connectivity index (χ0v) is 18.3. The normalized spacial score (nSPS) is 16.5. The Morgan fingerprint density at radius 2 is 1.97 bits per heavy atom. The van der Waals surface area contributed by atoms with Crippen LogP contribution in [-0.4, -0.2) is 46.1 Å². The first-order valence-electron chi connectivity index (χ1n) is 10.2. The summed E-state index contributed by atoms with van der Waals surface area (Å²) in [5, 5.41) is 10.1. The van der Waals surface area contributed by atoms with Gasteiger partial charge in [-0.2, -0.15) is 18.3 Å². The highest BCUT2D eigenvalue weighted by Crippen LogP contribution is 2.41. The maximum atomic E-state index is 13.8. The van der Waals surface area contributed by atoms with Crippen LogP contribution in [0.2, 0.25) is 0 Å². The molecule has 0 radical (unpaired) electrons. The van der Waals surface area contributed by atoms with Gasteiger partial charge in [0.25, 0.3) is 0 Å². The number of carbonyl (C=O) groups is 1. The fraction of sp³-hybridized carbons (Fsp3) is 0.318. The standard InChI is InChI=1S/C22H23F3N6O2/c1-13-17(11-31(3)29-13)28-20-9-16(14(10-26-20)22(23,24)25)27-15-5-4-6-19-21(15)18(12-32)30(2)7-8-33-19/h4-6,9-12,18H,7-8H2,1-3H3,(H2,26,27,28). The highest BCUT2D eigenvalue weighted by atomic mass is 19.4. The molecule has 2 N–H and O–H groups in total. The molecule has 33 heavy (non-hydrogen) atoms. The van der Waals surface area contributed by atoms with E-state index in [2.05, 4.69) is 20.7 Å². The Morgan fingerprint density at radius 1 is 1.18 bits per heavy atom. The van der Waals surface area contributed by atoms with Crippen LogP contribution < -0.4 is 15.4 Å². The van der Waals surface area contributed by atoms with Crippen molar-refractivity contribution in [2.45, 2.75) is 19.1 Å². The van der Waals surface area contributed by atoms with E-state index in [9.17, 15) is 18.0 Å². The minimum absolute atomic E-state index is 0.202. The van der Waals surface area contributed by atoms with Crippen molar-refractivity contribution in [1.29, 1.82) is 0 Å². The number of hydrogen-bond donors (Lipinski definition) is 2. The van der Waals surface area contributed by atoms with Crippen LogP contribution in [0.25, 0.3) is 0 Å². The molecule has 0 saturated heterocycles. The number of pyridine rings is 1. The lowest BCUT2D eigenvalue weighted by atomic mass is 10.0. The largest absolute Gasteiger partial charge is 0.492 e. The predicted octanol–water partition coefficient (Wildman–Crippen LogP) is 4.19. The van der Waals surface area contributed by atoms with Crippen molar-refractivity contribution >= 4 is 29.2 Å². The summed E-state index contributed by atoms with van der Waals surface area (Å²) in [7, 11) is 3.51. The summed E-state index contributed by atoms with van der Waals surface area (Å²) < 4.78 is 48.7. The summed E-state index contributed by atoms with van der Waals surface area (Å²) in [6.07, 6.45) is -1.40. The number of anilines is 4. The lowest BCUT2D eigenvalue weighted by molar-refractivity contribution is -0.137. The molecule has 0 saturated carbocycles. The summed E-state index contributed by atoms with van der Waals surface area (Å²) >= 11 is 0. The number of likely N-dealkylation sites (N-methyl/N-ethyl adjacent to an activating group) is 1. The third-order valence-electron chi connectivity index (χ3n) is 5.42. The number of alkyl halides is 3. The van der Waals surface area contributed by atoms with Crippen LogP contribution in [0.15, 0.2) is 36.7 Å². The molecule has 1 aromatic carbocycles. The number of aldehydes is 1. The molecule has 3 heterocycles. The number of nitrogens with one attached hydrogen (secondary N) is 2. The van der Waals surface area contributed by atoms with Crippen LogP contribution in [0.3, 0.4) is 0 Å². The molecular formula is C22H23F3N6O2. The Kier molecular flexibility index (Phi) is 5.98. The lowest BCUT2D eigenvalue weighted by Crippen LogP contribution is -2.27. The van der Waals surface area contributed by atoms with Gasteiger partial charge in [-0.1, -0.05) is 6.07 Å². The minimum Gasteiger partial charge on any atom is -0.492 e. The number of rotatable bonds is 5. The van der Waals surface area contributed by atoms with E-state index in [-0.39, 0.29) is 11.5 Å². The minimum atomic E-state index is -4.64. The van der Waals surface area contributed by atoms with Crippen molar-refractivity contribution in [2.24, 2.45) is 7.05 Å². The number of fused-ring (bicyclic) bond motifs is 1. The number of nitrogens with zero attached hydrogens (tertiary/aromatic N) is 4. The number of carbonyl (C=O) groups excluding carboxylic acids is 1. The predicted molar refractivity (Wildman–Crippen MR) is 117 cm³/mol. The Bertz CT molecular complexity index is 1180. The number of aromatic nitrogens is 3. The van der Waals surface area contributed by atoms with Gasteiger partial charge in [0.2, 0.25) is 0 Å². The quantitative estimate of drug-likeness (QED) is 0.553. The molecule has 0 fully saturated rings. The zero-order valence-electron chi connectivity index (χ0n) is 18.3. The summed E-state index contributed by atoms with van der Waals surface area (Å²) in [6.45, 7) is 2.64. The van der Waals surface area contributed by atoms with E-state index in [1.807, 2.05) is 0 Å². The van der Waals surface area contributed by atoms with Crippen LogP contribution >= 0.6 is 0 Å². The molecular weight excluding hydrogens is 437 g/mol. The molecule has 3 aromatic rings. The number of benzene rings is 1. The summed E-state index contributed by atoms with van der Waals surface area (Å²) in [5.74, 6) is 0.664. The lowest BCUT2D eigenvalue weighted by Gasteiger charge is -2.24. The smallest absolute Gasteiger partial charge is 0.419 e. The van der Waals surface area contributed by atoms with Gasteiger partial charge < -0.3 is 20.2 Å². The Labute approximate surface area is 188 Å². The first kappa shape index (κ1) is 22.6. The summed E-state index contributed by atoms with van der Waals surface area (Å²) in [6, 6.07) is 5.60. The Balaban J connectivity index is 1.77. The number of halogens is 3. The first-order valence-corrected chi connectivity index (χ1v) is 10.2. The zero-order chi connectivity index (χ0) is 23.8. The second-order valence-corrected chi connectivity index (χ2v) is 7.79. The molecule has 174 valence electrons. The van der Waals surface area contributed by atoms with E-state index in [1.54, 1.807) is 55.0 Å². The maximum Gasteiger partial charge on any atom is 0.419 e. The topological polar surface area (TPSA) is 84.3 Å². The van der Waals surface area contributed by atoms with E-state index < -0.39 is 17.8 Å². The summed E-state index contributed by atoms with van der Waals surface area (Å²) in [4.78, 5) is 17.6. The van der Waals surface area contributed by atoms with E-state index in [1.165, 1.54) is 6.07 Å². The second-order valence-electron chi connectivity index (χ2n) is 7.79. The number of ether oxygens (including phenoxy) is 1. The van der Waals surface area contributed by atoms with Crippen molar-refractivity contribution < 1.29 is 22.7 Å². The number of aryl methyl sites for hydroxylation is 2. The second kappa shape index (κ2) is 8.74. The van der Waals surface area contributed by atoms with Gasteiger partial charge in [0.15, 0.2) is 0 Å². The van der Waals surface area contributed by atoms with Gasteiger partial charge >= 0.3 is 6.18 Å². The molecule has 1 unspecified atom stereocenters. The van der Waals surface area contributed by atoms with E-state index in [4.69, 9.17) is 4.74 Å². The molecule has 1 aliphatic rings.